The summed E-state index contributed by atoms with van der Waals surface area (Å²) in [4.78, 5) is 4.88. The molecule has 0 amide bonds. The molecule has 0 radical (unpaired) electrons. The van der Waals surface area contributed by atoms with E-state index >= 15 is 0 Å². The van der Waals surface area contributed by atoms with Crippen LogP contribution in [0.3, 0.4) is 0 Å². The molecule has 0 aliphatic rings. The van der Waals surface area contributed by atoms with Crippen LogP contribution in [0.15, 0.2) is 76.8 Å². The van der Waals surface area contributed by atoms with Crippen molar-refractivity contribution >= 4 is 22.1 Å². The molecule has 0 N–H and O–H groups in total. The van der Waals surface area contributed by atoms with Crippen molar-refractivity contribution in [3.8, 4) is 0 Å². The van der Waals surface area contributed by atoms with Crippen molar-refractivity contribution in [2.75, 3.05) is 7.11 Å². The van der Waals surface area contributed by atoms with Gasteiger partial charge in [0.2, 0.25) is 0 Å². The number of nitrogens with zero attached hydrogens (tertiary/aromatic N) is 1. The topological polar surface area (TPSA) is 55.7 Å². The molecule has 0 aliphatic heterocycles. The van der Waals surface area contributed by atoms with Crippen molar-refractivity contribution in [2.24, 2.45) is 5.16 Å². The van der Waals surface area contributed by atoms with E-state index in [-0.39, 0.29) is 4.90 Å². The Hall–Kier alpha value is -2.40. The minimum absolute atomic E-state index is 0.250. The van der Waals surface area contributed by atoms with Gasteiger partial charge in [0.05, 0.1) is 11.1 Å². The van der Waals surface area contributed by atoms with E-state index in [0.29, 0.717) is 0 Å². The third kappa shape index (κ3) is 4.05. The molecule has 2 aromatic carbocycles. The smallest absolute Gasteiger partial charge is 0.190 e. The molecule has 0 aromatic heterocycles. The van der Waals surface area contributed by atoms with Crippen LogP contribution in [0, 0.1) is 0 Å². The lowest BCUT2D eigenvalue weighted by atomic mass is 10.2. The molecular weight excluding hydrogens is 298 g/mol. The molecule has 22 heavy (non-hydrogen) atoms. The normalized spacial score (nSPS) is 13.5. The zero-order chi connectivity index (χ0) is 15.8. The van der Waals surface area contributed by atoms with Crippen LogP contribution in [0.2, 0.25) is 0 Å². The molecule has 0 fully saturated rings. The van der Waals surface area contributed by atoms with Gasteiger partial charge in [0, 0.05) is 0 Å². The predicted molar refractivity (Wildman–Crippen MR) is 88.4 cm³/mol. The molecule has 1 atom stereocenters. The Morgan fingerprint density at radius 3 is 2.18 bits per heavy atom. The molecule has 0 saturated heterocycles. The fraction of sp³-hybridized carbons (Fsp3) is 0.118. The minimum atomic E-state index is -3.56. The van der Waals surface area contributed by atoms with Gasteiger partial charge in [0.15, 0.2) is 9.84 Å². The summed E-state index contributed by atoms with van der Waals surface area (Å²) in [5.74, 6) is 0. The molecule has 2 rings (SSSR count). The summed E-state index contributed by atoms with van der Waals surface area (Å²) in [6.07, 6.45) is 4.63. The van der Waals surface area contributed by atoms with Crippen molar-refractivity contribution in [3.05, 3.63) is 72.3 Å². The Morgan fingerprint density at radius 2 is 1.59 bits per heavy atom. The van der Waals surface area contributed by atoms with E-state index in [0.717, 1.165) is 5.56 Å². The molecule has 114 valence electrons. The molecule has 0 bridgehead atoms. The molecule has 4 nitrogen and oxygen atoms in total. The second-order valence-electron chi connectivity index (χ2n) is 4.53. The lowest BCUT2D eigenvalue weighted by Crippen LogP contribution is -2.21. The molecule has 1 unspecified atom stereocenters. The average molecular weight is 315 g/mol. The molecular formula is C17H17NO3S. The van der Waals surface area contributed by atoms with Crippen LogP contribution in [0.5, 0.6) is 0 Å². The van der Waals surface area contributed by atoms with Crippen molar-refractivity contribution in [1.29, 1.82) is 0 Å². The van der Waals surface area contributed by atoms with Crippen molar-refractivity contribution < 1.29 is 13.3 Å². The first-order valence-corrected chi connectivity index (χ1v) is 8.28. The van der Waals surface area contributed by atoms with Crippen LogP contribution < -0.4 is 0 Å². The van der Waals surface area contributed by atoms with Gasteiger partial charge in [-0.1, -0.05) is 65.8 Å². The molecule has 2 aromatic rings. The van der Waals surface area contributed by atoms with Gasteiger partial charge in [0.1, 0.15) is 12.4 Å². The highest BCUT2D eigenvalue weighted by Gasteiger charge is 2.23. The second-order valence-corrected chi connectivity index (χ2v) is 6.64. The summed E-state index contributed by atoms with van der Waals surface area (Å²) in [6, 6.07) is 17.8. The van der Waals surface area contributed by atoms with Crippen LogP contribution in [-0.4, -0.2) is 27.0 Å². The monoisotopic (exact) mass is 315 g/mol. The first kappa shape index (κ1) is 16.0. The number of sulfone groups is 1. The summed E-state index contributed by atoms with van der Waals surface area (Å²) >= 11 is 0. The summed E-state index contributed by atoms with van der Waals surface area (Å²) < 4.78 is 25.3. The van der Waals surface area contributed by atoms with Gasteiger partial charge in [0.25, 0.3) is 0 Å². The largest absolute Gasteiger partial charge is 0.399 e. The van der Waals surface area contributed by atoms with Crippen LogP contribution in [0.1, 0.15) is 5.56 Å². The Kier molecular flexibility index (Phi) is 5.49. The number of oxime groups is 1. The van der Waals surface area contributed by atoms with Crippen LogP contribution in [0.25, 0.3) is 6.08 Å². The van der Waals surface area contributed by atoms with E-state index in [1.165, 1.54) is 13.3 Å². The van der Waals surface area contributed by atoms with E-state index in [9.17, 15) is 8.42 Å². The van der Waals surface area contributed by atoms with Gasteiger partial charge in [-0.05, 0) is 17.7 Å². The summed E-state index contributed by atoms with van der Waals surface area (Å²) in [5.41, 5.74) is 0.918. The van der Waals surface area contributed by atoms with E-state index in [1.807, 2.05) is 30.3 Å². The highest BCUT2D eigenvalue weighted by atomic mass is 32.2. The quantitative estimate of drug-likeness (QED) is 0.608. The van der Waals surface area contributed by atoms with Gasteiger partial charge in [-0.2, -0.15) is 0 Å². The lowest BCUT2D eigenvalue weighted by Gasteiger charge is -2.09. The third-order valence-corrected chi connectivity index (χ3v) is 4.95. The van der Waals surface area contributed by atoms with E-state index in [4.69, 9.17) is 0 Å². The van der Waals surface area contributed by atoms with Crippen molar-refractivity contribution in [1.82, 2.24) is 0 Å². The highest BCUT2D eigenvalue weighted by molar-refractivity contribution is 7.93. The molecule has 0 saturated carbocycles. The molecule has 0 spiro atoms. The van der Waals surface area contributed by atoms with Crippen molar-refractivity contribution in [2.45, 2.75) is 10.1 Å². The standard InChI is InChI=1S/C17H17NO3S/c1-21-18-14-17(13-12-15-8-4-2-5-9-15)22(19,20)16-10-6-3-7-11-16/h2-14,17H,1H3/b13-12+,18-14-. The van der Waals surface area contributed by atoms with Gasteiger partial charge in [-0.3, -0.25) is 0 Å². The Balaban J connectivity index is 2.34. The molecule has 0 heterocycles. The van der Waals surface area contributed by atoms with E-state index in [2.05, 4.69) is 9.99 Å². The lowest BCUT2D eigenvalue weighted by molar-refractivity contribution is 0.215. The maximum Gasteiger partial charge on any atom is 0.190 e. The van der Waals surface area contributed by atoms with Gasteiger partial charge in [-0.25, -0.2) is 8.42 Å². The highest BCUT2D eigenvalue weighted by Crippen LogP contribution is 2.17. The SMILES string of the molecule is CO/N=C\C(/C=C/c1ccccc1)S(=O)(=O)c1ccccc1. The zero-order valence-electron chi connectivity index (χ0n) is 12.2. The molecule has 5 heteroatoms. The predicted octanol–water partition coefficient (Wildman–Crippen LogP) is 3.17. The summed E-state index contributed by atoms with van der Waals surface area (Å²) in [5, 5.41) is 2.73. The Labute approximate surface area is 130 Å². The van der Waals surface area contributed by atoms with Crippen LogP contribution >= 0.6 is 0 Å². The van der Waals surface area contributed by atoms with Crippen molar-refractivity contribution in [3.63, 3.8) is 0 Å². The first-order valence-electron chi connectivity index (χ1n) is 6.73. The maximum absolute atomic E-state index is 12.7. The van der Waals surface area contributed by atoms with Crippen LogP contribution in [-0.2, 0) is 14.7 Å². The average Bonchev–Trinajstić information content (AvgIpc) is 2.56. The minimum Gasteiger partial charge on any atom is -0.399 e. The zero-order valence-corrected chi connectivity index (χ0v) is 13.0. The number of hydrogen-bond acceptors (Lipinski definition) is 4. The number of benzene rings is 2. The second kappa shape index (κ2) is 7.56. The summed E-state index contributed by atoms with van der Waals surface area (Å²) in [7, 11) is -2.18. The third-order valence-electron chi connectivity index (χ3n) is 3.02. The fourth-order valence-corrected chi connectivity index (χ4v) is 3.24. The van der Waals surface area contributed by atoms with E-state index < -0.39 is 15.1 Å². The first-order chi connectivity index (χ1) is 10.6. The Bertz CT molecular complexity index is 738. The Morgan fingerprint density at radius 1 is 1.00 bits per heavy atom. The van der Waals surface area contributed by atoms with Gasteiger partial charge in [-0.15, -0.1) is 0 Å². The van der Waals surface area contributed by atoms with E-state index in [1.54, 1.807) is 42.5 Å². The number of rotatable bonds is 6. The van der Waals surface area contributed by atoms with Crippen LogP contribution in [0.4, 0.5) is 0 Å². The maximum atomic E-state index is 12.7. The van der Waals surface area contributed by atoms with Gasteiger partial charge >= 0.3 is 0 Å². The fourth-order valence-electron chi connectivity index (χ4n) is 1.89. The molecule has 0 aliphatic carbocycles. The van der Waals surface area contributed by atoms with Gasteiger partial charge < -0.3 is 4.84 Å². The summed E-state index contributed by atoms with van der Waals surface area (Å²) in [6.45, 7) is 0. The number of hydrogen-bond donors (Lipinski definition) is 0.